The molecule has 1 amide bonds. The summed E-state index contributed by atoms with van der Waals surface area (Å²) in [6, 6.07) is 3.05. The quantitative estimate of drug-likeness (QED) is 0.922. The third kappa shape index (κ3) is 3.71. The minimum absolute atomic E-state index is 0.0230. The van der Waals surface area contributed by atoms with Crippen LogP contribution in [-0.4, -0.2) is 48.0 Å². The molecule has 5 nitrogen and oxygen atoms in total. The van der Waals surface area contributed by atoms with Gasteiger partial charge in [0.15, 0.2) is 11.4 Å². The summed E-state index contributed by atoms with van der Waals surface area (Å²) in [4.78, 5) is 18.3. The Balaban J connectivity index is 2.16. The van der Waals surface area contributed by atoms with Crippen LogP contribution in [0, 0.1) is 5.41 Å². The van der Waals surface area contributed by atoms with Gasteiger partial charge in [0.25, 0.3) is 12.3 Å². The van der Waals surface area contributed by atoms with E-state index in [9.17, 15) is 13.6 Å². The van der Waals surface area contributed by atoms with E-state index >= 15 is 0 Å². The lowest BCUT2D eigenvalue weighted by Crippen LogP contribution is -2.54. The number of hydrogen-bond acceptors (Lipinski definition) is 4. The maximum absolute atomic E-state index is 12.6. The largest absolute Gasteiger partial charge is 0.485 e. The van der Waals surface area contributed by atoms with Gasteiger partial charge in [0, 0.05) is 25.3 Å². The number of rotatable bonds is 4. The Labute approximate surface area is 128 Å². The minimum atomic E-state index is -2.60. The first-order valence-corrected chi connectivity index (χ1v) is 7.22. The zero-order valence-electron chi connectivity index (χ0n) is 12.8. The predicted molar refractivity (Wildman–Crippen MR) is 78.0 cm³/mol. The van der Waals surface area contributed by atoms with Gasteiger partial charge < -0.3 is 15.4 Å². The second-order valence-electron chi connectivity index (χ2n) is 6.16. The minimum Gasteiger partial charge on any atom is -0.485 e. The summed E-state index contributed by atoms with van der Waals surface area (Å²) in [5, 5.41) is 0. The summed E-state index contributed by atoms with van der Waals surface area (Å²) in [5.41, 5.74) is 5.93. The molecule has 0 aromatic carbocycles. The second-order valence-corrected chi connectivity index (χ2v) is 6.16. The predicted octanol–water partition coefficient (Wildman–Crippen LogP) is 1.92. The maximum atomic E-state index is 12.6. The van der Waals surface area contributed by atoms with E-state index in [1.54, 1.807) is 11.0 Å². The summed E-state index contributed by atoms with van der Waals surface area (Å²) < 4.78 is 29.6. The topological polar surface area (TPSA) is 68.5 Å². The number of ether oxygens (including phenoxy) is 1. The zero-order valence-corrected chi connectivity index (χ0v) is 12.8. The highest BCUT2D eigenvalue weighted by molar-refractivity contribution is 5.95. The van der Waals surface area contributed by atoms with E-state index in [1.807, 2.05) is 13.8 Å². The Morgan fingerprint density at radius 2 is 2.32 bits per heavy atom. The van der Waals surface area contributed by atoms with Crippen LogP contribution in [0.3, 0.4) is 0 Å². The standard InChI is InChI=1S/C15H21F2N3O2/c1-15(2)9-20(7-5-11(15)18)14(21)13-10(4-3-6-19-13)22-8-12(16)17/h3-4,6,11-12H,5,7-9,18H2,1-2H3. The van der Waals surface area contributed by atoms with Crippen LogP contribution >= 0.6 is 0 Å². The highest BCUT2D eigenvalue weighted by atomic mass is 19.3. The summed E-state index contributed by atoms with van der Waals surface area (Å²) >= 11 is 0. The number of carbonyl (C=O) groups excluding carboxylic acids is 1. The number of nitrogens with two attached hydrogens (primary N) is 1. The van der Waals surface area contributed by atoms with E-state index in [1.165, 1.54) is 12.3 Å². The molecule has 1 aliphatic rings. The molecule has 0 aliphatic carbocycles. The maximum Gasteiger partial charge on any atom is 0.276 e. The monoisotopic (exact) mass is 313 g/mol. The summed E-state index contributed by atoms with van der Waals surface area (Å²) in [6.07, 6.45) is -0.461. The lowest BCUT2D eigenvalue weighted by molar-refractivity contribution is 0.0511. The fraction of sp³-hybridized carbons (Fsp3) is 0.600. The van der Waals surface area contributed by atoms with Gasteiger partial charge in [-0.2, -0.15) is 0 Å². The van der Waals surface area contributed by atoms with E-state index < -0.39 is 13.0 Å². The number of alkyl halides is 2. The van der Waals surface area contributed by atoms with Gasteiger partial charge in [-0.1, -0.05) is 13.8 Å². The van der Waals surface area contributed by atoms with Crippen LogP contribution in [0.1, 0.15) is 30.8 Å². The van der Waals surface area contributed by atoms with E-state index in [2.05, 4.69) is 4.98 Å². The van der Waals surface area contributed by atoms with E-state index in [4.69, 9.17) is 10.5 Å². The van der Waals surface area contributed by atoms with E-state index in [0.29, 0.717) is 19.5 Å². The molecule has 122 valence electrons. The second kappa shape index (κ2) is 6.56. The molecule has 1 aromatic heterocycles. The number of hydrogen-bond donors (Lipinski definition) is 1. The van der Waals surface area contributed by atoms with Crippen molar-refractivity contribution in [1.82, 2.24) is 9.88 Å². The SMILES string of the molecule is CC1(C)CN(C(=O)c2ncccc2OCC(F)F)CCC1N. The molecule has 2 heterocycles. The Kier molecular flexibility index (Phi) is 4.95. The van der Waals surface area contributed by atoms with Gasteiger partial charge in [-0.25, -0.2) is 13.8 Å². The zero-order chi connectivity index (χ0) is 16.3. The van der Waals surface area contributed by atoms with Crippen LogP contribution in [0.25, 0.3) is 0 Å². The number of aromatic nitrogens is 1. The molecule has 7 heteroatoms. The number of halogens is 2. The first-order valence-electron chi connectivity index (χ1n) is 7.22. The molecule has 1 aromatic rings. The van der Waals surface area contributed by atoms with Crippen molar-refractivity contribution in [3.05, 3.63) is 24.0 Å². The van der Waals surface area contributed by atoms with Gasteiger partial charge >= 0.3 is 0 Å². The Hall–Kier alpha value is -1.76. The fourth-order valence-corrected chi connectivity index (χ4v) is 2.52. The van der Waals surface area contributed by atoms with Crippen LogP contribution in [0.4, 0.5) is 8.78 Å². The van der Waals surface area contributed by atoms with Crippen molar-refractivity contribution < 1.29 is 18.3 Å². The van der Waals surface area contributed by atoms with Crippen LogP contribution in [0.5, 0.6) is 5.75 Å². The fourth-order valence-electron chi connectivity index (χ4n) is 2.52. The van der Waals surface area contributed by atoms with E-state index in [0.717, 1.165) is 0 Å². The summed E-state index contributed by atoms with van der Waals surface area (Å²) in [7, 11) is 0. The van der Waals surface area contributed by atoms with Crippen molar-refractivity contribution in [3.63, 3.8) is 0 Å². The van der Waals surface area contributed by atoms with E-state index in [-0.39, 0.29) is 28.8 Å². The summed E-state index contributed by atoms with van der Waals surface area (Å²) in [6.45, 7) is 4.27. The molecular formula is C15H21F2N3O2. The Morgan fingerprint density at radius 3 is 2.95 bits per heavy atom. The van der Waals surface area contributed by atoms with Crippen LogP contribution in [-0.2, 0) is 0 Å². The van der Waals surface area contributed by atoms with Gasteiger partial charge in [0.1, 0.15) is 6.61 Å². The van der Waals surface area contributed by atoms with Crippen molar-refractivity contribution in [2.45, 2.75) is 32.7 Å². The lowest BCUT2D eigenvalue weighted by atomic mass is 9.79. The Bertz CT molecular complexity index is 537. The molecule has 1 saturated heterocycles. The number of pyridine rings is 1. The van der Waals surface area contributed by atoms with Crippen molar-refractivity contribution in [3.8, 4) is 5.75 Å². The smallest absolute Gasteiger partial charge is 0.276 e. The molecule has 1 fully saturated rings. The van der Waals surface area contributed by atoms with Gasteiger partial charge in [0.05, 0.1) is 0 Å². The first kappa shape index (κ1) is 16.6. The number of amides is 1. The molecule has 2 rings (SSSR count). The molecule has 1 aliphatic heterocycles. The first-order chi connectivity index (χ1) is 10.3. The number of piperidine rings is 1. The van der Waals surface area contributed by atoms with Crippen molar-refractivity contribution in [2.75, 3.05) is 19.7 Å². The number of carbonyl (C=O) groups is 1. The molecule has 1 unspecified atom stereocenters. The van der Waals surface area contributed by atoms with Crippen LogP contribution in [0.15, 0.2) is 18.3 Å². The highest BCUT2D eigenvalue weighted by Gasteiger charge is 2.36. The van der Waals surface area contributed by atoms with Gasteiger partial charge in [-0.05, 0) is 24.0 Å². The summed E-state index contributed by atoms with van der Waals surface area (Å²) in [5.74, 6) is -0.231. The molecule has 0 radical (unpaired) electrons. The molecule has 22 heavy (non-hydrogen) atoms. The molecular weight excluding hydrogens is 292 g/mol. The van der Waals surface area contributed by atoms with Crippen LogP contribution < -0.4 is 10.5 Å². The number of nitrogens with zero attached hydrogens (tertiary/aromatic N) is 2. The number of likely N-dealkylation sites (tertiary alicyclic amines) is 1. The molecule has 2 N–H and O–H groups in total. The van der Waals surface area contributed by atoms with Gasteiger partial charge in [0.2, 0.25) is 0 Å². The third-order valence-corrected chi connectivity index (χ3v) is 3.94. The molecule has 0 spiro atoms. The normalized spacial score (nSPS) is 21.0. The van der Waals surface area contributed by atoms with Crippen molar-refractivity contribution in [2.24, 2.45) is 11.1 Å². The van der Waals surface area contributed by atoms with Crippen molar-refractivity contribution in [1.29, 1.82) is 0 Å². The van der Waals surface area contributed by atoms with Crippen LogP contribution in [0.2, 0.25) is 0 Å². The van der Waals surface area contributed by atoms with Gasteiger partial charge in [-0.15, -0.1) is 0 Å². The Morgan fingerprint density at radius 1 is 1.59 bits per heavy atom. The molecule has 0 bridgehead atoms. The highest BCUT2D eigenvalue weighted by Crippen LogP contribution is 2.29. The molecule has 1 atom stereocenters. The average Bonchev–Trinajstić information content (AvgIpc) is 2.47. The third-order valence-electron chi connectivity index (χ3n) is 3.94. The molecule has 0 saturated carbocycles. The van der Waals surface area contributed by atoms with Crippen molar-refractivity contribution >= 4 is 5.91 Å². The average molecular weight is 313 g/mol. The van der Waals surface area contributed by atoms with Gasteiger partial charge in [-0.3, -0.25) is 4.79 Å². The lowest BCUT2D eigenvalue weighted by Gasteiger charge is -2.42.